The van der Waals surface area contributed by atoms with Gasteiger partial charge in [-0.25, -0.2) is 0 Å². The van der Waals surface area contributed by atoms with Gasteiger partial charge in [-0.1, -0.05) is 0 Å². The predicted octanol–water partition coefficient (Wildman–Crippen LogP) is 0.443. The summed E-state index contributed by atoms with van der Waals surface area (Å²) in [5, 5.41) is 12.9. The molecule has 2 saturated heterocycles. The van der Waals surface area contributed by atoms with Crippen molar-refractivity contribution in [1.82, 2.24) is 10.2 Å². The van der Waals surface area contributed by atoms with Gasteiger partial charge in [-0.15, -0.1) is 0 Å². The standard InChI is InChI=1S/C11H22N2O/c14-11-2-1-6-13(9-11)7-4-10-3-5-12-8-10/h10-12,14H,1-9H2. The van der Waals surface area contributed by atoms with Crippen LogP contribution in [0.3, 0.4) is 0 Å². The van der Waals surface area contributed by atoms with E-state index < -0.39 is 0 Å². The summed E-state index contributed by atoms with van der Waals surface area (Å²) in [5.74, 6) is 0.883. The van der Waals surface area contributed by atoms with Gasteiger partial charge in [0.15, 0.2) is 0 Å². The maximum Gasteiger partial charge on any atom is 0.0667 e. The number of piperidine rings is 1. The summed E-state index contributed by atoms with van der Waals surface area (Å²) in [5.41, 5.74) is 0. The van der Waals surface area contributed by atoms with E-state index in [4.69, 9.17) is 0 Å². The van der Waals surface area contributed by atoms with Crippen molar-refractivity contribution >= 4 is 0 Å². The zero-order valence-electron chi connectivity index (χ0n) is 8.91. The van der Waals surface area contributed by atoms with Crippen molar-refractivity contribution in [1.29, 1.82) is 0 Å². The van der Waals surface area contributed by atoms with E-state index in [0.29, 0.717) is 0 Å². The van der Waals surface area contributed by atoms with Gasteiger partial charge in [0.25, 0.3) is 0 Å². The number of aliphatic hydroxyl groups excluding tert-OH is 1. The minimum Gasteiger partial charge on any atom is -0.392 e. The van der Waals surface area contributed by atoms with Crippen molar-refractivity contribution in [3.8, 4) is 0 Å². The third-order valence-corrected chi connectivity index (χ3v) is 3.50. The highest BCUT2D eigenvalue weighted by molar-refractivity contribution is 4.76. The zero-order valence-corrected chi connectivity index (χ0v) is 8.91. The molecule has 2 heterocycles. The van der Waals surface area contributed by atoms with E-state index in [1.165, 1.54) is 45.4 Å². The average Bonchev–Trinajstić information content (AvgIpc) is 2.67. The molecule has 2 aliphatic heterocycles. The minimum absolute atomic E-state index is 0.0644. The number of aliphatic hydroxyl groups is 1. The van der Waals surface area contributed by atoms with Crippen molar-refractivity contribution in [3.05, 3.63) is 0 Å². The highest BCUT2D eigenvalue weighted by Crippen LogP contribution is 2.15. The van der Waals surface area contributed by atoms with Crippen molar-refractivity contribution in [3.63, 3.8) is 0 Å². The second-order valence-electron chi connectivity index (χ2n) is 4.74. The van der Waals surface area contributed by atoms with Gasteiger partial charge in [0.05, 0.1) is 6.10 Å². The molecule has 82 valence electrons. The summed E-state index contributed by atoms with van der Waals surface area (Å²) in [4.78, 5) is 2.42. The van der Waals surface area contributed by atoms with E-state index in [0.717, 1.165) is 18.9 Å². The minimum atomic E-state index is -0.0644. The lowest BCUT2D eigenvalue weighted by atomic mass is 10.0. The molecule has 2 fully saturated rings. The normalized spacial score (nSPS) is 34.9. The zero-order chi connectivity index (χ0) is 9.80. The van der Waals surface area contributed by atoms with E-state index >= 15 is 0 Å². The molecule has 2 rings (SSSR count). The maximum atomic E-state index is 9.52. The fraction of sp³-hybridized carbons (Fsp3) is 1.00. The molecule has 2 aliphatic rings. The first-order valence-corrected chi connectivity index (χ1v) is 5.96. The first-order valence-electron chi connectivity index (χ1n) is 5.96. The molecule has 3 heteroatoms. The van der Waals surface area contributed by atoms with Crippen LogP contribution >= 0.6 is 0 Å². The molecule has 0 saturated carbocycles. The fourth-order valence-corrected chi connectivity index (χ4v) is 2.56. The number of nitrogens with zero attached hydrogens (tertiary/aromatic N) is 1. The van der Waals surface area contributed by atoms with E-state index in [1.54, 1.807) is 0 Å². The van der Waals surface area contributed by atoms with E-state index in [-0.39, 0.29) is 6.10 Å². The summed E-state index contributed by atoms with van der Waals surface area (Å²) >= 11 is 0. The number of rotatable bonds is 3. The molecule has 0 aliphatic carbocycles. The van der Waals surface area contributed by atoms with Crippen LogP contribution in [0.15, 0.2) is 0 Å². The number of hydrogen-bond donors (Lipinski definition) is 2. The topological polar surface area (TPSA) is 35.5 Å². The lowest BCUT2D eigenvalue weighted by Gasteiger charge is -2.30. The molecule has 0 amide bonds. The third kappa shape index (κ3) is 2.94. The van der Waals surface area contributed by atoms with Crippen molar-refractivity contribution in [2.45, 2.75) is 31.8 Å². The summed E-state index contributed by atoms with van der Waals surface area (Å²) in [6.45, 7) is 5.68. The van der Waals surface area contributed by atoms with Gasteiger partial charge in [0, 0.05) is 6.54 Å². The first kappa shape index (κ1) is 10.4. The van der Waals surface area contributed by atoms with Gasteiger partial charge in [-0.3, -0.25) is 0 Å². The van der Waals surface area contributed by atoms with Crippen LogP contribution < -0.4 is 5.32 Å². The predicted molar refractivity (Wildman–Crippen MR) is 57.3 cm³/mol. The Morgan fingerprint density at radius 1 is 1.36 bits per heavy atom. The summed E-state index contributed by atoms with van der Waals surface area (Å²) in [6.07, 6.45) is 4.76. The lowest BCUT2D eigenvalue weighted by molar-refractivity contribution is 0.0680. The molecule has 2 N–H and O–H groups in total. The molecule has 0 aromatic rings. The lowest BCUT2D eigenvalue weighted by Crippen LogP contribution is -2.39. The van der Waals surface area contributed by atoms with Gasteiger partial charge in [0.1, 0.15) is 0 Å². The van der Waals surface area contributed by atoms with Crippen LogP contribution in [0.2, 0.25) is 0 Å². The van der Waals surface area contributed by atoms with E-state index in [9.17, 15) is 5.11 Å². The highest BCUT2D eigenvalue weighted by atomic mass is 16.3. The Bertz CT molecular complexity index is 169. The molecule has 0 bridgehead atoms. The van der Waals surface area contributed by atoms with Crippen LogP contribution in [-0.4, -0.2) is 48.8 Å². The first-order chi connectivity index (χ1) is 6.84. The van der Waals surface area contributed by atoms with Gasteiger partial charge in [0.2, 0.25) is 0 Å². The molecule has 2 atom stereocenters. The number of nitrogens with one attached hydrogen (secondary N) is 1. The number of hydrogen-bond acceptors (Lipinski definition) is 3. The Hall–Kier alpha value is -0.120. The van der Waals surface area contributed by atoms with Crippen molar-refractivity contribution < 1.29 is 5.11 Å². The van der Waals surface area contributed by atoms with Crippen LogP contribution in [0.5, 0.6) is 0 Å². The quantitative estimate of drug-likeness (QED) is 0.691. The number of β-amino-alcohol motifs (C(OH)–C–C–N with tert-alkyl or cyclic N) is 1. The maximum absolute atomic E-state index is 9.52. The summed E-state index contributed by atoms with van der Waals surface area (Å²) in [6, 6.07) is 0. The Balaban J connectivity index is 1.64. The van der Waals surface area contributed by atoms with Crippen molar-refractivity contribution in [2.75, 3.05) is 32.7 Å². The van der Waals surface area contributed by atoms with Gasteiger partial charge in [-0.05, 0) is 57.8 Å². The summed E-state index contributed by atoms with van der Waals surface area (Å²) in [7, 11) is 0. The SMILES string of the molecule is OC1CCCN(CCC2CCNC2)C1. The van der Waals surface area contributed by atoms with Crippen LogP contribution in [0.25, 0.3) is 0 Å². The molecule has 14 heavy (non-hydrogen) atoms. The molecular formula is C11H22N2O. The van der Waals surface area contributed by atoms with E-state index in [2.05, 4.69) is 10.2 Å². The molecule has 2 unspecified atom stereocenters. The van der Waals surface area contributed by atoms with Crippen LogP contribution in [0.1, 0.15) is 25.7 Å². The van der Waals surface area contributed by atoms with Gasteiger partial charge in [-0.2, -0.15) is 0 Å². The molecular weight excluding hydrogens is 176 g/mol. The summed E-state index contributed by atoms with van der Waals surface area (Å²) < 4.78 is 0. The Morgan fingerprint density at radius 3 is 3.00 bits per heavy atom. The Kier molecular flexibility index (Phi) is 3.79. The molecule has 0 aromatic heterocycles. The van der Waals surface area contributed by atoms with Crippen LogP contribution in [0.4, 0.5) is 0 Å². The fourth-order valence-electron chi connectivity index (χ4n) is 2.56. The molecule has 0 radical (unpaired) electrons. The largest absolute Gasteiger partial charge is 0.392 e. The second-order valence-corrected chi connectivity index (χ2v) is 4.74. The van der Waals surface area contributed by atoms with E-state index in [1.807, 2.05) is 0 Å². The molecule has 0 aromatic carbocycles. The van der Waals surface area contributed by atoms with Gasteiger partial charge >= 0.3 is 0 Å². The highest BCUT2D eigenvalue weighted by Gasteiger charge is 2.20. The van der Waals surface area contributed by atoms with Crippen LogP contribution in [-0.2, 0) is 0 Å². The average molecular weight is 198 g/mol. The van der Waals surface area contributed by atoms with Gasteiger partial charge < -0.3 is 15.3 Å². The molecule has 0 spiro atoms. The van der Waals surface area contributed by atoms with Crippen LogP contribution in [0, 0.1) is 5.92 Å². The third-order valence-electron chi connectivity index (χ3n) is 3.50. The Morgan fingerprint density at radius 2 is 2.29 bits per heavy atom. The Labute approximate surface area is 86.5 Å². The monoisotopic (exact) mass is 198 g/mol. The van der Waals surface area contributed by atoms with Crippen molar-refractivity contribution in [2.24, 2.45) is 5.92 Å². The molecule has 3 nitrogen and oxygen atoms in total. The second kappa shape index (κ2) is 5.10. The number of likely N-dealkylation sites (tertiary alicyclic amines) is 1. The smallest absolute Gasteiger partial charge is 0.0667 e.